The van der Waals surface area contributed by atoms with E-state index >= 15 is 0 Å². The Bertz CT molecular complexity index is 502. The molecule has 0 fully saturated rings. The number of rotatable bonds is 1. The molecule has 1 aliphatic heterocycles. The van der Waals surface area contributed by atoms with Crippen LogP contribution in [0.25, 0.3) is 0 Å². The lowest BCUT2D eigenvalue weighted by Gasteiger charge is -2.12. The predicted octanol–water partition coefficient (Wildman–Crippen LogP) is 1.50. The number of amides is 1. The molecule has 0 unspecified atom stereocenters. The third-order valence-corrected chi connectivity index (χ3v) is 2.51. The number of Topliss-reactive ketones (excluding diaryl/α,β-unsaturated/α-hetero) is 1. The molecule has 1 aromatic carbocycles. The molecule has 0 aromatic heterocycles. The Balaban J connectivity index is 2.61. The van der Waals surface area contributed by atoms with E-state index < -0.39 is 11.7 Å². The van der Waals surface area contributed by atoms with Crippen molar-refractivity contribution in [2.24, 2.45) is 0 Å². The first-order valence-corrected chi connectivity index (χ1v) is 4.62. The lowest BCUT2D eigenvalue weighted by atomic mass is 10.1. The molecule has 0 bridgehead atoms. The maximum atomic E-state index is 11.6. The van der Waals surface area contributed by atoms with Gasteiger partial charge in [-0.05, 0) is 12.1 Å². The number of nitrogens with zero attached hydrogens (tertiary/aromatic N) is 1. The number of carbonyl (C=O) groups excluding carboxylic acids is 2. The summed E-state index contributed by atoms with van der Waals surface area (Å²) in [4.78, 5) is 24.3. The zero-order chi connectivity index (χ0) is 11.0. The highest BCUT2D eigenvalue weighted by molar-refractivity contribution is 6.55. The summed E-state index contributed by atoms with van der Waals surface area (Å²) in [5.41, 5.74) is 0.745. The molecule has 0 spiro atoms. The Morgan fingerprint density at radius 3 is 2.80 bits per heavy atom. The van der Waals surface area contributed by atoms with E-state index in [1.165, 1.54) is 4.90 Å². The second-order valence-corrected chi connectivity index (χ2v) is 3.47. The summed E-state index contributed by atoms with van der Waals surface area (Å²) in [5, 5.41) is 0.283. The fraction of sp³-hybridized carbons (Fsp3) is 0.0909. The van der Waals surface area contributed by atoms with Crippen molar-refractivity contribution in [3.05, 3.63) is 28.8 Å². The lowest BCUT2D eigenvalue weighted by molar-refractivity contribution is -0.114. The van der Waals surface area contributed by atoms with Gasteiger partial charge in [-0.25, -0.2) is 0 Å². The predicted molar refractivity (Wildman–Crippen MR) is 57.0 cm³/mol. The second-order valence-electron chi connectivity index (χ2n) is 3.06. The van der Waals surface area contributed by atoms with E-state index in [1.54, 1.807) is 18.2 Å². The van der Waals surface area contributed by atoms with Crippen LogP contribution in [0.1, 0.15) is 10.4 Å². The molecule has 0 N–H and O–H groups in total. The highest BCUT2D eigenvalue weighted by Crippen LogP contribution is 2.33. The monoisotopic (exact) mass is 219 g/mol. The second kappa shape index (κ2) is 3.41. The third kappa shape index (κ3) is 1.31. The minimum Gasteiger partial charge on any atom is -0.293 e. The van der Waals surface area contributed by atoms with E-state index in [4.69, 9.17) is 18.0 Å². The fourth-order valence-corrected chi connectivity index (χ4v) is 1.81. The highest BCUT2D eigenvalue weighted by Gasteiger charge is 2.36. The van der Waals surface area contributed by atoms with Crippen molar-refractivity contribution in [2.45, 2.75) is 0 Å². The number of ketones is 1. The van der Waals surface area contributed by atoms with Gasteiger partial charge in [-0.3, -0.25) is 14.5 Å². The van der Waals surface area contributed by atoms with Gasteiger partial charge < -0.3 is 0 Å². The molecule has 1 aliphatic rings. The average Bonchev–Trinajstić information content (AvgIpc) is 2.45. The van der Waals surface area contributed by atoms with E-state index in [0.29, 0.717) is 5.69 Å². The highest BCUT2D eigenvalue weighted by atomic mass is 35.5. The molecule has 4 heteroatoms. The van der Waals surface area contributed by atoms with Crippen molar-refractivity contribution < 1.29 is 9.59 Å². The lowest BCUT2D eigenvalue weighted by Crippen LogP contribution is -2.29. The van der Waals surface area contributed by atoms with Crippen LogP contribution in [-0.2, 0) is 4.79 Å². The number of benzene rings is 1. The van der Waals surface area contributed by atoms with Gasteiger partial charge in [0.15, 0.2) is 0 Å². The van der Waals surface area contributed by atoms with Crippen molar-refractivity contribution in [3.63, 3.8) is 0 Å². The van der Waals surface area contributed by atoms with Crippen molar-refractivity contribution in [1.29, 1.82) is 0 Å². The summed E-state index contributed by atoms with van der Waals surface area (Å²) < 4.78 is 0. The molecular formula is C11H6ClNO2. The first-order chi connectivity index (χ1) is 7.16. The largest absolute Gasteiger partial charge is 0.300 e. The number of anilines is 1. The molecule has 0 saturated heterocycles. The molecule has 15 heavy (non-hydrogen) atoms. The Morgan fingerprint density at radius 2 is 2.13 bits per heavy atom. The smallest absolute Gasteiger partial charge is 0.293 e. The molecule has 0 saturated carbocycles. The molecule has 0 aliphatic carbocycles. The normalized spacial score (nSPS) is 14.0. The summed E-state index contributed by atoms with van der Waals surface area (Å²) in [7, 11) is 0. The van der Waals surface area contributed by atoms with Gasteiger partial charge in [0.25, 0.3) is 11.7 Å². The fourth-order valence-electron chi connectivity index (χ4n) is 1.55. The number of fused-ring (bicyclic) bond motifs is 1. The summed E-state index contributed by atoms with van der Waals surface area (Å²) in [6.45, 7) is 0.0813. The number of terminal acetylenes is 1. The summed E-state index contributed by atoms with van der Waals surface area (Å²) in [6.07, 6.45) is 5.12. The van der Waals surface area contributed by atoms with E-state index in [1.807, 2.05) is 0 Å². The first-order valence-electron chi connectivity index (χ1n) is 4.25. The molecule has 74 valence electrons. The van der Waals surface area contributed by atoms with Crippen molar-refractivity contribution in [3.8, 4) is 12.3 Å². The molecule has 3 nitrogen and oxygen atoms in total. The summed E-state index contributed by atoms with van der Waals surface area (Å²) >= 11 is 5.84. The quantitative estimate of drug-likeness (QED) is 0.530. The minimum atomic E-state index is -0.615. The van der Waals surface area contributed by atoms with Crippen molar-refractivity contribution in [2.75, 3.05) is 11.4 Å². The summed E-state index contributed by atoms with van der Waals surface area (Å²) in [6, 6.07) is 4.91. The zero-order valence-electron chi connectivity index (χ0n) is 7.66. The van der Waals surface area contributed by atoms with Crippen LogP contribution in [0.3, 0.4) is 0 Å². The van der Waals surface area contributed by atoms with Crippen LogP contribution < -0.4 is 4.90 Å². The SMILES string of the molecule is C#CCN1C(=O)C(=O)c2c(Cl)cccc21. The molecule has 1 heterocycles. The van der Waals surface area contributed by atoms with Crippen molar-refractivity contribution in [1.82, 2.24) is 0 Å². The van der Waals surface area contributed by atoms with Gasteiger partial charge in [0.1, 0.15) is 0 Å². The zero-order valence-corrected chi connectivity index (χ0v) is 8.41. The maximum Gasteiger partial charge on any atom is 0.300 e. The average molecular weight is 220 g/mol. The van der Waals surface area contributed by atoms with Crippen LogP contribution in [-0.4, -0.2) is 18.2 Å². The van der Waals surface area contributed by atoms with Gasteiger partial charge in [0.05, 0.1) is 22.8 Å². The van der Waals surface area contributed by atoms with Gasteiger partial charge in [0, 0.05) is 0 Å². The van der Waals surface area contributed by atoms with Gasteiger partial charge in [-0.2, -0.15) is 0 Å². The van der Waals surface area contributed by atoms with Crippen molar-refractivity contribution >= 4 is 29.0 Å². The molecule has 2 rings (SSSR count). The van der Waals surface area contributed by atoms with Gasteiger partial charge in [0.2, 0.25) is 0 Å². The van der Waals surface area contributed by atoms with E-state index in [2.05, 4.69) is 5.92 Å². The topological polar surface area (TPSA) is 37.4 Å². The van der Waals surface area contributed by atoms with Gasteiger partial charge >= 0.3 is 0 Å². The molecular weight excluding hydrogens is 214 g/mol. The number of hydrogen-bond donors (Lipinski definition) is 0. The Hall–Kier alpha value is -1.79. The van der Waals surface area contributed by atoms with Crippen LogP contribution >= 0.6 is 11.6 Å². The number of halogens is 1. The minimum absolute atomic E-state index is 0.0813. The standard InChI is InChI=1S/C11H6ClNO2/c1-2-6-13-8-5-3-4-7(12)9(8)10(14)11(13)15/h1,3-5H,6H2. The van der Waals surface area contributed by atoms with E-state index in [-0.39, 0.29) is 17.1 Å². The Kier molecular flexibility index (Phi) is 2.22. The first kappa shape index (κ1) is 9.75. The van der Waals surface area contributed by atoms with Crippen LogP contribution in [0, 0.1) is 12.3 Å². The van der Waals surface area contributed by atoms with Crippen LogP contribution in [0.4, 0.5) is 5.69 Å². The van der Waals surface area contributed by atoms with Crippen LogP contribution in [0.5, 0.6) is 0 Å². The number of hydrogen-bond acceptors (Lipinski definition) is 2. The third-order valence-electron chi connectivity index (χ3n) is 2.20. The van der Waals surface area contributed by atoms with Crippen LogP contribution in [0.2, 0.25) is 5.02 Å². The van der Waals surface area contributed by atoms with E-state index in [0.717, 1.165) is 0 Å². The Morgan fingerprint density at radius 1 is 1.40 bits per heavy atom. The summed E-state index contributed by atoms with van der Waals surface area (Å²) in [5.74, 6) is 1.12. The molecule has 0 radical (unpaired) electrons. The number of carbonyl (C=O) groups is 2. The van der Waals surface area contributed by atoms with E-state index in [9.17, 15) is 9.59 Å². The van der Waals surface area contributed by atoms with Gasteiger partial charge in [-0.15, -0.1) is 6.42 Å². The molecule has 1 aromatic rings. The molecule has 0 atom stereocenters. The Labute approximate surface area is 91.6 Å². The van der Waals surface area contributed by atoms with Gasteiger partial charge in [-0.1, -0.05) is 23.6 Å². The maximum absolute atomic E-state index is 11.6. The molecule has 1 amide bonds. The van der Waals surface area contributed by atoms with Crippen LogP contribution in [0.15, 0.2) is 18.2 Å².